The minimum Gasteiger partial charge on any atom is -0.297 e. The Morgan fingerprint density at radius 2 is 1.42 bits per heavy atom. The topological polar surface area (TPSA) is 54.5 Å². The van der Waals surface area contributed by atoms with Gasteiger partial charge in [-0.3, -0.25) is 19.3 Å². The van der Waals surface area contributed by atoms with Crippen molar-refractivity contribution >= 4 is 55.0 Å². The Balaban J connectivity index is 1.86. The van der Waals surface area contributed by atoms with E-state index in [1.54, 1.807) is 36.4 Å². The van der Waals surface area contributed by atoms with Crippen molar-refractivity contribution in [2.45, 2.75) is 12.2 Å². The summed E-state index contributed by atoms with van der Waals surface area (Å²) in [5.74, 6) is -3.98. The van der Waals surface area contributed by atoms with Crippen LogP contribution in [0.15, 0.2) is 81.7 Å². The van der Waals surface area contributed by atoms with Crippen molar-refractivity contribution in [3.63, 3.8) is 0 Å². The summed E-state index contributed by atoms with van der Waals surface area (Å²) in [6.45, 7) is 0. The lowest BCUT2D eigenvalue weighted by atomic mass is 9.86. The fourth-order valence-corrected chi connectivity index (χ4v) is 4.37. The molecule has 0 aliphatic carbocycles. The summed E-state index contributed by atoms with van der Waals surface area (Å²) < 4.78 is 41.4. The molecule has 9 heteroatoms. The summed E-state index contributed by atoms with van der Waals surface area (Å²) in [6.07, 6.45) is -4.64. The molecule has 33 heavy (non-hydrogen) atoms. The zero-order valence-corrected chi connectivity index (χ0v) is 19.8. The lowest BCUT2D eigenvalue weighted by Gasteiger charge is -2.28. The number of carbonyl (C=O) groups excluding carboxylic acids is 3. The van der Waals surface area contributed by atoms with E-state index in [9.17, 15) is 27.6 Å². The van der Waals surface area contributed by atoms with Crippen molar-refractivity contribution in [3.8, 4) is 0 Å². The van der Waals surface area contributed by atoms with Gasteiger partial charge in [-0.2, -0.15) is 13.2 Å². The van der Waals surface area contributed by atoms with Crippen LogP contribution in [-0.4, -0.2) is 17.5 Å². The van der Waals surface area contributed by atoms with Crippen molar-refractivity contribution in [2.24, 2.45) is 5.92 Å². The van der Waals surface area contributed by atoms with Crippen LogP contribution in [0, 0.1) is 5.92 Å². The predicted octanol–water partition coefficient (Wildman–Crippen LogP) is 6.39. The van der Waals surface area contributed by atoms with E-state index >= 15 is 0 Å². The molecule has 168 valence electrons. The van der Waals surface area contributed by atoms with E-state index in [1.165, 1.54) is 24.3 Å². The maximum absolute atomic E-state index is 13.4. The van der Waals surface area contributed by atoms with Crippen molar-refractivity contribution in [2.75, 3.05) is 4.90 Å². The zero-order chi connectivity index (χ0) is 23.9. The number of nitrogens with zero attached hydrogens (tertiary/aromatic N) is 1. The number of Topliss-reactive ketones (excluding diaryl/α,β-unsaturated/α-hetero) is 2. The van der Waals surface area contributed by atoms with Gasteiger partial charge >= 0.3 is 6.18 Å². The highest BCUT2D eigenvalue weighted by Crippen LogP contribution is 2.43. The van der Waals surface area contributed by atoms with Crippen molar-refractivity contribution < 1.29 is 27.6 Å². The third kappa shape index (κ3) is 4.52. The molecule has 2 atom stereocenters. The first kappa shape index (κ1) is 23.4. The molecule has 0 N–H and O–H groups in total. The summed E-state index contributed by atoms with van der Waals surface area (Å²) >= 11 is 6.59. The molecule has 1 heterocycles. The Labute approximate surface area is 203 Å². The van der Waals surface area contributed by atoms with Crippen LogP contribution in [0.3, 0.4) is 0 Å². The summed E-state index contributed by atoms with van der Waals surface area (Å²) in [6, 6.07) is 16.0. The Morgan fingerprint density at radius 3 is 2.00 bits per heavy atom. The van der Waals surface area contributed by atoms with Gasteiger partial charge in [-0.1, -0.05) is 62.2 Å². The van der Waals surface area contributed by atoms with Crippen LogP contribution < -0.4 is 4.90 Å². The van der Waals surface area contributed by atoms with Crippen LogP contribution in [0.25, 0.3) is 0 Å². The summed E-state index contributed by atoms with van der Waals surface area (Å²) in [5.41, 5.74) is -0.401. The molecular weight excluding hydrogens is 567 g/mol. The van der Waals surface area contributed by atoms with Crippen LogP contribution in [0.5, 0.6) is 0 Å². The van der Waals surface area contributed by atoms with Gasteiger partial charge in [0.25, 0.3) is 5.91 Å². The van der Waals surface area contributed by atoms with E-state index in [0.29, 0.717) is 5.56 Å². The normalized spacial score (nSPS) is 18.6. The molecule has 1 aliphatic rings. The summed E-state index contributed by atoms with van der Waals surface area (Å²) in [4.78, 5) is 40.4. The molecule has 0 saturated carbocycles. The molecule has 4 rings (SSSR count). The largest absolute Gasteiger partial charge is 0.416 e. The fourth-order valence-electron chi connectivity index (χ4n) is 3.84. The first-order valence-corrected chi connectivity index (χ1v) is 11.3. The lowest BCUT2D eigenvalue weighted by molar-refractivity contribution is -0.137. The highest BCUT2D eigenvalue weighted by Gasteiger charge is 2.52. The third-order valence-corrected chi connectivity index (χ3v) is 6.44. The molecule has 3 aromatic carbocycles. The van der Waals surface area contributed by atoms with Gasteiger partial charge in [0.15, 0.2) is 5.78 Å². The van der Waals surface area contributed by atoms with Crippen LogP contribution in [0.4, 0.5) is 18.9 Å². The van der Waals surface area contributed by atoms with Crippen LogP contribution in [-0.2, 0) is 15.8 Å². The monoisotopic (exact) mass is 579 g/mol. The number of ketones is 2. The van der Waals surface area contributed by atoms with Gasteiger partial charge in [0.2, 0.25) is 5.78 Å². The smallest absolute Gasteiger partial charge is 0.297 e. The maximum Gasteiger partial charge on any atom is 0.416 e. The van der Waals surface area contributed by atoms with E-state index in [-0.39, 0.29) is 11.3 Å². The lowest BCUT2D eigenvalue weighted by Crippen LogP contribution is -2.30. The van der Waals surface area contributed by atoms with Gasteiger partial charge in [0.05, 0.1) is 11.6 Å². The maximum atomic E-state index is 13.4. The highest BCUT2D eigenvalue weighted by molar-refractivity contribution is 9.10. The molecule has 1 saturated heterocycles. The van der Waals surface area contributed by atoms with E-state index in [2.05, 4.69) is 31.9 Å². The van der Waals surface area contributed by atoms with Crippen molar-refractivity contribution in [1.82, 2.24) is 0 Å². The fraction of sp³-hybridized carbons (Fsp3) is 0.125. The predicted molar refractivity (Wildman–Crippen MR) is 123 cm³/mol. The van der Waals surface area contributed by atoms with E-state index in [1.807, 2.05) is 0 Å². The molecule has 1 fully saturated rings. The summed E-state index contributed by atoms with van der Waals surface area (Å²) in [7, 11) is 0. The molecule has 3 aromatic rings. The number of rotatable bonds is 4. The van der Waals surface area contributed by atoms with Crippen LogP contribution >= 0.6 is 31.9 Å². The summed E-state index contributed by atoms with van der Waals surface area (Å²) in [5, 5.41) is 0. The van der Waals surface area contributed by atoms with Gasteiger partial charge in [0, 0.05) is 20.2 Å². The second-order valence-corrected chi connectivity index (χ2v) is 9.26. The van der Waals surface area contributed by atoms with Gasteiger partial charge < -0.3 is 0 Å². The van der Waals surface area contributed by atoms with Gasteiger partial charge in [-0.05, 0) is 48.0 Å². The average Bonchev–Trinajstić information content (AvgIpc) is 3.04. The van der Waals surface area contributed by atoms with E-state index in [4.69, 9.17) is 0 Å². The quantitative estimate of drug-likeness (QED) is 0.204. The molecule has 2 unspecified atom stereocenters. The third-order valence-electron chi connectivity index (χ3n) is 5.38. The SMILES string of the molecule is O=C1C(=O)N(c2cccc(C(F)(F)F)c2)C(c2ccc(Br)cc2)C1C(=O)c1ccc(Br)cc1. The van der Waals surface area contributed by atoms with Crippen molar-refractivity contribution in [1.29, 1.82) is 0 Å². The standard InChI is InChI=1S/C24H14Br2F3NO3/c25-16-8-4-13(5-9-16)20-19(21(31)14-6-10-17(26)11-7-14)22(32)23(33)30(20)18-3-1-2-15(12-18)24(27,28)29/h1-12,19-20H. The zero-order valence-electron chi connectivity index (χ0n) is 16.6. The van der Waals surface area contributed by atoms with E-state index in [0.717, 1.165) is 26.0 Å². The molecule has 0 radical (unpaired) electrons. The number of amides is 1. The molecule has 1 amide bonds. The number of carbonyl (C=O) groups is 3. The number of hydrogen-bond acceptors (Lipinski definition) is 3. The number of benzene rings is 3. The highest BCUT2D eigenvalue weighted by atomic mass is 79.9. The number of alkyl halides is 3. The number of hydrogen-bond donors (Lipinski definition) is 0. The van der Waals surface area contributed by atoms with Crippen molar-refractivity contribution in [3.05, 3.63) is 98.4 Å². The second-order valence-electron chi connectivity index (χ2n) is 7.43. The molecule has 1 aliphatic heterocycles. The second kappa shape index (κ2) is 8.87. The Bertz CT molecular complexity index is 1240. The van der Waals surface area contributed by atoms with Gasteiger partial charge in [-0.15, -0.1) is 0 Å². The Hall–Kier alpha value is -2.78. The first-order valence-electron chi connectivity index (χ1n) is 9.68. The molecule has 0 spiro atoms. The molecule has 4 nitrogen and oxygen atoms in total. The number of anilines is 1. The van der Waals surface area contributed by atoms with Crippen LogP contribution in [0.2, 0.25) is 0 Å². The van der Waals surface area contributed by atoms with Gasteiger partial charge in [-0.25, -0.2) is 0 Å². The first-order chi connectivity index (χ1) is 15.6. The average molecular weight is 581 g/mol. The van der Waals surface area contributed by atoms with Gasteiger partial charge in [0.1, 0.15) is 5.92 Å². The van der Waals surface area contributed by atoms with E-state index < -0.39 is 41.2 Å². The Morgan fingerprint density at radius 1 is 0.848 bits per heavy atom. The minimum absolute atomic E-state index is 0.109. The molecule has 0 aromatic heterocycles. The molecular formula is C24H14Br2F3NO3. The Kier molecular flexibility index (Phi) is 6.28. The van der Waals surface area contributed by atoms with Crippen LogP contribution in [0.1, 0.15) is 27.5 Å². The molecule has 0 bridgehead atoms. The minimum atomic E-state index is -4.64. The number of halogens is 5.